The van der Waals surface area contributed by atoms with Crippen LogP contribution in [0.4, 0.5) is 10.1 Å². The van der Waals surface area contributed by atoms with Crippen LogP contribution in [0, 0.1) is 12.7 Å². The number of hydrogen-bond donors (Lipinski definition) is 1. The lowest BCUT2D eigenvalue weighted by Crippen LogP contribution is -2.15. The van der Waals surface area contributed by atoms with Crippen molar-refractivity contribution in [1.29, 1.82) is 0 Å². The van der Waals surface area contributed by atoms with Crippen molar-refractivity contribution in [2.24, 2.45) is 0 Å². The SMILES string of the molecule is COc1ccc(Br)cc1S(=O)(=O)Nc1ccc(C)cc1F. The fourth-order valence-corrected chi connectivity index (χ4v) is 3.54. The molecule has 21 heavy (non-hydrogen) atoms. The summed E-state index contributed by atoms with van der Waals surface area (Å²) >= 11 is 3.21. The zero-order chi connectivity index (χ0) is 15.6. The number of benzene rings is 2. The van der Waals surface area contributed by atoms with Crippen molar-refractivity contribution in [3.63, 3.8) is 0 Å². The van der Waals surface area contributed by atoms with E-state index in [2.05, 4.69) is 20.7 Å². The van der Waals surface area contributed by atoms with Crippen molar-refractivity contribution in [3.05, 3.63) is 52.3 Å². The predicted molar refractivity (Wildman–Crippen MR) is 82.6 cm³/mol. The molecule has 112 valence electrons. The van der Waals surface area contributed by atoms with Crippen LogP contribution in [0.15, 0.2) is 45.8 Å². The topological polar surface area (TPSA) is 55.4 Å². The van der Waals surface area contributed by atoms with Crippen LogP contribution < -0.4 is 9.46 Å². The zero-order valence-corrected chi connectivity index (χ0v) is 13.8. The van der Waals surface area contributed by atoms with Gasteiger partial charge in [-0.25, -0.2) is 12.8 Å². The third-order valence-corrected chi connectivity index (χ3v) is 4.66. The minimum absolute atomic E-state index is 0.0700. The molecule has 2 rings (SSSR count). The first-order valence-corrected chi connectivity index (χ1v) is 8.23. The summed E-state index contributed by atoms with van der Waals surface area (Å²) < 4.78 is 46.4. The zero-order valence-electron chi connectivity index (χ0n) is 11.4. The Bertz CT molecular complexity index is 778. The molecule has 0 radical (unpaired) electrons. The second-order valence-electron chi connectivity index (χ2n) is 4.38. The Morgan fingerprint density at radius 1 is 1.19 bits per heavy atom. The van der Waals surface area contributed by atoms with Crippen LogP contribution in [0.1, 0.15) is 5.56 Å². The molecule has 0 bridgehead atoms. The van der Waals surface area contributed by atoms with Crippen LogP contribution in [0.25, 0.3) is 0 Å². The first kappa shape index (κ1) is 15.8. The molecule has 0 saturated carbocycles. The molecule has 4 nitrogen and oxygen atoms in total. The summed E-state index contributed by atoms with van der Waals surface area (Å²) in [6, 6.07) is 8.84. The third-order valence-electron chi connectivity index (χ3n) is 2.78. The van der Waals surface area contributed by atoms with Gasteiger partial charge in [-0.05, 0) is 42.8 Å². The summed E-state index contributed by atoms with van der Waals surface area (Å²) in [7, 11) is -2.59. The maximum Gasteiger partial charge on any atom is 0.265 e. The lowest BCUT2D eigenvalue weighted by Gasteiger charge is -2.12. The van der Waals surface area contributed by atoms with E-state index in [0.29, 0.717) is 10.0 Å². The minimum atomic E-state index is -3.96. The number of rotatable bonds is 4. The van der Waals surface area contributed by atoms with Gasteiger partial charge < -0.3 is 4.74 Å². The lowest BCUT2D eigenvalue weighted by atomic mass is 10.2. The minimum Gasteiger partial charge on any atom is -0.495 e. The molecule has 0 fully saturated rings. The molecule has 0 heterocycles. The molecule has 0 aliphatic rings. The van der Waals surface area contributed by atoms with Crippen molar-refractivity contribution in [2.75, 3.05) is 11.8 Å². The molecular formula is C14H13BrFNO3S. The van der Waals surface area contributed by atoms with Gasteiger partial charge in [0.25, 0.3) is 10.0 Å². The van der Waals surface area contributed by atoms with E-state index >= 15 is 0 Å². The van der Waals surface area contributed by atoms with E-state index in [9.17, 15) is 12.8 Å². The number of sulfonamides is 1. The van der Waals surface area contributed by atoms with E-state index in [1.54, 1.807) is 19.1 Å². The molecule has 0 aliphatic carbocycles. The summed E-state index contributed by atoms with van der Waals surface area (Å²) in [5.74, 6) is -0.453. The third kappa shape index (κ3) is 3.54. The largest absolute Gasteiger partial charge is 0.495 e. The molecule has 0 aliphatic heterocycles. The van der Waals surface area contributed by atoms with Crippen molar-refractivity contribution < 1.29 is 17.5 Å². The highest BCUT2D eigenvalue weighted by molar-refractivity contribution is 9.10. The van der Waals surface area contributed by atoms with Crippen LogP contribution in [0.5, 0.6) is 5.75 Å². The van der Waals surface area contributed by atoms with Crippen LogP contribution in [0.2, 0.25) is 0 Å². The number of ether oxygens (including phenoxy) is 1. The monoisotopic (exact) mass is 373 g/mol. The maximum atomic E-state index is 13.8. The standard InChI is InChI=1S/C14H13BrFNO3S/c1-9-3-5-12(11(16)7-9)17-21(18,19)14-8-10(15)4-6-13(14)20-2/h3-8,17H,1-2H3. The lowest BCUT2D eigenvalue weighted by molar-refractivity contribution is 0.402. The van der Waals surface area contributed by atoms with Crippen molar-refractivity contribution in [2.45, 2.75) is 11.8 Å². The number of aryl methyl sites for hydroxylation is 1. The highest BCUT2D eigenvalue weighted by Crippen LogP contribution is 2.29. The fraction of sp³-hybridized carbons (Fsp3) is 0.143. The molecule has 1 N–H and O–H groups in total. The van der Waals surface area contributed by atoms with Gasteiger partial charge in [0.2, 0.25) is 0 Å². The number of halogens is 2. The molecule has 0 saturated heterocycles. The van der Waals surface area contributed by atoms with E-state index in [-0.39, 0.29) is 16.3 Å². The Morgan fingerprint density at radius 2 is 1.90 bits per heavy atom. The Morgan fingerprint density at radius 3 is 2.52 bits per heavy atom. The van der Waals surface area contributed by atoms with E-state index in [4.69, 9.17) is 4.74 Å². The summed E-state index contributed by atoms with van der Waals surface area (Å²) in [6.45, 7) is 1.72. The molecule has 7 heteroatoms. The van der Waals surface area contributed by atoms with Gasteiger partial charge in [0.1, 0.15) is 16.5 Å². The van der Waals surface area contributed by atoms with E-state index < -0.39 is 15.8 Å². The fourth-order valence-electron chi connectivity index (χ4n) is 1.76. The molecule has 0 unspecified atom stereocenters. The summed E-state index contributed by atoms with van der Waals surface area (Å²) in [6.07, 6.45) is 0. The van der Waals surface area contributed by atoms with Gasteiger partial charge in [-0.1, -0.05) is 22.0 Å². The van der Waals surface area contributed by atoms with Crippen LogP contribution in [-0.4, -0.2) is 15.5 Å². The second kappa shape index (κ2) is 6.03. The highest BCUT2D eigenvalue weighted by atomic mass is 79.9. The van der Waals surface area contributed by atoms with Gasteiger partial charge >= 0.3 is 0 Å². The first-order chi connectivity index (χ1) is 9.83. The molecule has 0 aromatic heterocycles. The number of nitrogens with one attached hydrogen (secondary N) is 1. The van der Waals surface area contributed by atoms with Gasteiger partial charge in [0.15, 0.2) is 0 Å². The summed E-state index contributed by atoms with van der Waals surface area (Å²) in [5.41, 5.74) is 0.595. The van der Waals surface area contributed by atoms with Gasteiger partial charge in [-0.3, -0.25) is 4.72 Å². The average molecular weight is 374 g/mol. The van der Waals surface area contributed by atoms with E-state index in [0.717, 1.165) is 0 Å². The average Bonchev–Trinajstić information content (AvgIpc) is 2.42. The van der Waals surface area contributed by atoms with E-state index in [1.165, 1.54) is 31.4 Å². The molecule has 0 atom stereocenters. The highest BCUT2D eigenvalue weighted by Gasteiger charge is 2.21. The molecular weight excluding hydrogens is 361 g/mol. The van der Waals surface area contributed by atoms with Crippen LogP contribution in [-0.2, 0) is 10.0 Å². The molecule has 2 aromatic carbocycles. The van der Waals surface area contributed by atoms with Gasteiger partial charge in [0.05, 0.1) is 12.8 Å². The van der Waals surface area contributed by atoms with Gasteiger partial charge in [0, 0.05) is 4.47 Å². The Kier molecular flexibility index (Phi) is 4.53. The van der Waals surface area contributed by atoms with Gasteiger partial charge in [-0.2, -0.15) is 0 Å². The summed E-state index contributed by atoms with van der Waals surface area (Å²) in [5, 5.41) is 0. The van der Waals surface area contributed by atoms with E-state index in [1.807, 2.05) is 0 Å². The number of anilines is 1. The summed E-state index contributed by atoms with van der Waals surface area (Å²) in [4.78, 5) is -0.0700. The second-order valence-corrected chi connectivity index (χ2v) is 6.95. The quantitative estimate of drug-likeness (QED) is 0.888. The molecule has 2 aromatic rings. The number of hydrogen-bond acceptors (Lipinski definition) is 3. The Labute approximate surface area is 131 Å². The van der Waals surface area contributed by atoms with Crippen molar-refractivity contribution in [3.8, 4) is 5.75 Å². The van der Waals surface area contributed by atoms with Crippen molar-refractivity contribution >= 4 is 31.6 Å². The normalized spacial score (nSPS) is 11.2. The van der Waals surface area contributed by atoms with Gasteiger partial charge in [-0.15, -0.1) is 0 Å². The number of methoxy groups -OCH3 is 1. The smallest absolute Gasteiger partial charge is 0.265 e. The predicted octanol–water partition coefficient (Wildman–Crippen LogP) is 3.71. The molecule has 0 spiro atoms. The molecule has 0 amide bonds. The Balaban J connectivity index is 2.45. The van der Waals surface area contributed by atoms with Crippen molar-refractivity contribution in [1.82, 2.24) is 0 Å². The van der Waals surface area contributed by atoms with Crippen LogP contribution >= 0.6 is 15.9 Å². The maximum absolute atomic E-state index is 13.8. The first-order valence-electron chi connectivity index (χ1n) is 5.96. The van der Waals surface area contributed by atoms with Crippen LogP contribution in [0.3, 0.4) is 0 Å². The Hall–Kier alpha value is -1.60.